The number of nitriles is 1. The number of hydrogen-bond acceptors (Lipinski definition) is 5. The highest BCUT2D eigenvalue weighted by Crippen LogP contribution is 2.27. The summed E-state index contributed by atoms with van der Waals surface area (Å²) in [6.45, 7) is 0.401. The number of rotatable bonds is 7. The Morgan fingerprint density at radius 1 is 1.06 bits per heavy atom. The summed E-state index contributed by atoms with van der Waals surface area (Å²) in [6, 6.07) is 26.7. The molecule has 0 aromatic heterocycles. The van der Waals surface area contributed by atoms with Crippen LogP contribution in [0.15, 0.2) is 90.5 Å². The van der Waals surface area contributed by atoms with Crippen molar-refractivity contribution >= 4 is 45.7 Å². The van der Waals surface area contributed by atoms with Gasteiger partial charge in [0.05, 0.1) is 15.6 Å². The molecule has 0 aliphatic rings. The number of anilines is 1. The summed E-state index contributed by atoms with van der Waals surface area (Å²) < 4.78 is 5.92. The fourth-order valence-electron chi connectivity index (χ4n) is 3.46. The molecule has 0 fully saturated rings. The van der Waals surface area contributed by atoms with Crippen molar-refractivity contribution in [2.45, 2.75) is 6.61 Å². The second-order valence-corrected chi connectivity index (χ2v) is 7.95. The number of amides is 1. The molecule has 172 valence electrons. The third-order valence-corrected chi connectivity index (χ3v) is 5.55. The van der Waals surface area contributed by atoms with Crippen molar-refractivity contribution in [2.75, 3.05) is 5.32 Å². The lowest BCUT2D eigenvalue weighted by Gasteiger charge is -2.09. The molecule has 0 bridgehead atoms. The Balaban J connectivity index is 1.43. The SMILES string of the molecule is N#CC(=Cc1ccc(OCc2cccc3ccccc23)cc1)C(=O)Nc1ccc([N+](=O)[O-])cc1Cl. The number of nitro groups is 1. The molecule has 7 nitrogen and oxygen atoms in total. The molecule has 0 atom stereocenters. The van der Waals surface area contributed by atoms with Gasteiger partial charge in [-0.2, -0.15) is 5.26 Å². The Bertz CT molecular complexity index is 1490. The average Bonchev–Trinajstić information content (AvgIpc) is 2.87. The summed E-state index contributed by atoms with van der Waals surface area (Å²) in [5.41, 5.74) is 1.51. The van der Waals surface area contributed by atoms with Gasteiger partial charge in [0.2, 0.25) is 0 Å². The van der Waals surface area contributed by atoms with Crippen molar-refractivity contribution in [1.29, 1.82) is 5.26 Å². The minimum absolute atomic E-state index is 0.00228. The number of ether oxygens (including phenoxy) is 1. The molecule has 35 heavy (non-hydrogen) atoms. The first-order valence-corrected chi connectivity index (χ1v) is 10.9. The summed E-state index contributed by atoms with van der Waals surface area (Å²) in [5.74, 6) is -0.0322. The van der Waals surface area contributed by atoms with E-state index in [1.165, 1.54) is 18.2 Å². The molecule has 4 aromatic rings. The quantitative estimate of drug-likeness (QED) is 0.139. The average molecular weight is 484 g/mol. The number of nitro benzene ring substituents is 1. The van der Waals surface area contributed by atoms with E-state index in [2.05, 4.69) is 23.5 Å². The van der Waals surface area contributed by atoms with Gasteiger partial charge in [0, 0.05) is 12.1 Å². The van der Waals surface area contributed by atoms with E-state index < -0.39 is 10.8 Å². The van der Waals surface area contributed by atoms with Crippen LogP contribution in [0, 0.1) is 21.4 Å². The first kappa shape index (κ1) is 23.5. The summed E-state index contributed by atoms with van der Waals surface area (Å²) in [4.78, 5) is 22.8. The third-order valence-electron chi connectivity index (χ3n) is 5.24. The zero-order chi connectivity index (χ0) is 24.8. The molecule has 0 saturated heterocycles. The number of non-ortho nitro benzene ring substituents is 1. The van der Waals surface area contributed by atoms with E-state index in [0.29, 0.717) is 17.9 Å². The van der Waals surface area contributed by atoms with Gasteiger partial charge in [-0.25, -0.2) is 0 Å². The highest BCUT2D eigenvalue weighted by Gasteiger charge is 2.14. The largest absolute Gasteiger partial charge is 0.489 e. The van der Waals surface area contributed by atoms with Crippen LogP contribution in [0.3, 0.4) is 0 Å². The molecule has 0 aliphatic heterocycles. The van der Waals surface area contributed by atoms with Gasteiger partial charge in [0.15, 0.2) is 0 Å². The predicted octanol–water partition coefficient (Wildman–Crippen LogP) is 6.53. The Hall–Kier alpha value is -4.67. The fourth-order valence-corrected chi connectivity index (χ4v) is 3.69. The maximum atomic E-state index is 12.5. The van der Waals surface area contributed by atoms with E-state index in [1.807, 2.05) is 30.3 Å². The maximum Gasteiger partial charge on any atom is 0.271 e. The lowest BCUT2D eigenvalue weighted by molar-refractivity contribution is -0.384. The van der Waals surface area contributed by atoms with E-state index in [0.717, 1.165) is 22.4 Å². The lowest BCUT2D eigenvalue weighted by atomic mass is 10.1. The second kappa shape index (κ2) is 10.5. The van der Waals surface area contributed by atoms with Gasteiger partial charge >= 0.3 is 0 Å². The molecule has 4 rings (SSSR count). The number of fused-ring (bicyclic) bond motifs is 1. The standard InChI is InChI=1S/C27H18ClN3O4/c28-25-15-22(31(33)34)10-13-26(25)30-27(32)21(16-29)14-18-8-11-23(12-9-18)35-17-20-6-3-5-19-4-1-2-7-24(19)20/h1-15H,17H2,(H,30,32). The first-order chi connectivity index (χ1) is 16.9. The van der Waals surface area contributed by atoms with Crippen LogP contribution in [-0.4, -0.2) is 10.8 Å². The van der Waals surface area contributed by atoms with E-state index >= 15 is 0 Å². The van der Waals surface area contributed by atoms with Gasteiger partial charge in [0.25, 0.3) is 11.6 Å². The van der Waals surface area contributed by atoms with Crippen molar-refractivity contribution in [3.8, 4) is 11.8 Å². The molecule has 0 heterocycles. The predicted molar refractivity (Wildman–Crippen MR) is 135 cm³/mol. The van der Waals surface area contributed by atoms with Crippen LogP contribution in [0.25, 0.3) is 16.8 Å². The van der Waals surface area contributed by atoms with Gasteiger partial charge in [0.1, 0.15) is 24.0 Å². The molecular weight excluding hydrogens is 466 g/mol. The van der Waals surface area contributed by atoms with Gasteiger partial charge in [-0.15, -0.1) is 0 Å². The molecule has 0 aliphatic carbocycles. The number of benzene rings is 4. The zero-order valence-electron chi connectivity index (χ0n) is 18.3. The maximum absolute atomic E-state index is 12.5. The molecule has 1 amide bonds. The second-order valence-electron chi connectivity index (χ2n) is 7.54. The van der Waals surface area contributed by atoms with Crippen LogP contribution in [0.1, 0.15) is 11.1 Å². The lowest BCUT2D eigenvalue weighted by Crippen LogP contribution is -2.13. The molecule has 0 unspecified atom stereocenters. The van der Waals surface area contributed by atoms with Crippen LogP contribution in [0.5, 0.6) is 5.75 Å². The van der Waals surface area contributed by atoms with E-state index in [9.17, 15) is 20.2 Å². The highest BCUT2D eigenvalue weighted by molar-refractivity contribution is 6.34. The van der Waals surface area contributed by atoms with Crippen LogP contribution in [0.2, 0.25) is 5.02 Å². The minimum atomic E-state index is -0.681. The topological polar surface area (TPSA) is 105 Å². The number of carbonyl (C=O) groups excluding carboxylic acids is 1. The Morgan fingerprint density at radius 3 is 2.51 bits per heavy atom. The summed E-state index contributed by atoms with van der Waals surface area (Å²) in [7, 11) is 0. The minimum Gasteiger partial charge on any atom is -0.489 e. The molecule has 0 spiro atoms. The normalized spacial score (nSPS) is 11.0. The van der Waals surface area contributed by atoms with Crippen molar-refractivity contribution in [3.05, 3.63) is 117 Å². The van der Waals surface area contributed by atoms with E-state index in [-0.39, 0.29) is 22.0 Å². The molecule has 0 saturated carbocycles. The fraction of sp³-hybridized carbons (Fsp3) is 0.0370. The summed E-state index contributed by atoms with van der Waals surface area (Å²) in [5, 5.41) is 25.1. The monoisotopic (exact) mass is 483 g/mol. The number of carbonyl (C=O) groups is 1. The van der Waals surface area contributed by atoms with E-state index in [1.54, 1.807) is 24.3 Å². The number of halogens is 1. The van der Waals surface area contributed by atoms with Crippen LogP contribution >= 0.6 is 11.6 Å². The van der Waals surface area contributed by atoms with E-state index in [4.69, 9.17) is 16.3 Å². The Morgan fingerprint density at radius 2 is 1.80 bits per heavy atom. The molecule has 0 radical (unpaired) electrons. The Kier molecular flexibility index (Phi) is 7.05. The van der Waals surface area contributed by atoms with Crippen LogP contribution < -0.4 is 10.1 Å². The van der Waals surface area contributed by atoms with Crippen molar-refractivity contribution in [3.63, 3.8) is 0 Å². The van der Waals surface area contributed by atoms with Crippen molar-refractivity contribution in [1.82, 2.24) is 0 Å². The van der Waals surface area contributed by atoms with Gasteiger partial charge in [-0.1, -0.05) is 66.2 Å². The van der Waals surface area contributed by atoms with Gasteiger partial charge in [-0.05, 0) is 46.2 Å². The number of hydrogen-bond donors (Lipinski definition) is 1. The van der Waals surface area contributed by atoms with Crippen LogP contribution in [-0.2, 0) is 11.4 Å². The molecule has 8 heteroatoms. The molecule has 1 N–H and O–H groups in total. The Labute approximate surface area is 206 Å². The molecular formula is C27H18ClN3O4. The highest BCUT2D eigenvalue weighted by atomic mass is 35.5. The third kappa shape index (κ3) is 5.64. The summed E-state index contributed by atoms with van der Waals surface area (Å²) in [6.07, 6.45) is 1.43. The number of nitrogens with one attached hydrogen (secondary N) is 1. The van der Waals surface area contributed by atoms with Gasteiger partial charge in [-0.3, -0.25) is 14.9 Å². The number of nitrogens with zero attached hydrogens (tertiary/aromatic N) is 2. The van der Waals surface area contributed by atoms with Crippen LogP contribution in [0.4, 0.5) is 11.4 Å². The van der Waals surface area contributed by atoms with Crippen molar-refractivity contribution < 1.29 is 14.5 Å². The molecule has 4 aromatic carbocycles. The van der Waals surface area contributed by atoms with Gasteiger partial charge < -0.3 is 10.1 Å². The first-order valence-electron chi connectivity index (χ1n) is 10.5. The van der Waals surface area contributed by atoms with Crippen molar-refractivity contribution in [2.24, 2.45) is 0 Å². The smallest absolute Gasteiger partial charge is 0.271 e. The summed E-state index contributed by atoms with van der Waals surface area (Å²) >= 11 is 6.01. The zero-order valence-corrected chi connectivity index (χ0v) is 19.0.